The average Bonchev–Trinajstić information content (AvgIpc) is 3.23. The number of fused-ring (bicyclic) bond motifs is 7. The van der Waals surface area contributed by atoms with E-state index >= 15 is 0 Å². The van der Waals surface area contributed by atoms with E-state index in [1.54, 1.807) is 6.07 Å². The van der Waals surface area contributed by atoms with Crippen molar-refractivity contribution >= 4 is 72.2 Å². The van der Waals surface area contributed by atoms with Crippen LogP contribution in [0.4, 0.5) is 4.39 Å². The summed E-state index contributed by atoms with van der Waals surface area (Å²) in [7, 11) is 0. The van der Waals surface area contributed by atoms with E-state index in [4.69, 9.17) is 9.40 Å². The van der Waals surface area contributed by atoms with Gasteiger partial charge in [-0.1, -0.05) is 165 Å². The van der Waals surface area contributed by atoms with Crippen LogP contribution in [0.15, 0.2) is 174 Å². The predicted molar refractivity (Wildman–Crippen MR) is 340 cm³/mol. The van der Waals surface area contributed by atoms with Gasteiger partial charge in [-0.25, -0.2) is 0 Å². The summed E-state index contributed by atoms with van der Waals surface area (Å²) >= 11 is -1.79. The molecule has 7 heteroatoms. The van der Waals surface area contributed by atoms with Crippen molar-refractivity contribution < 1.29 is 28.9 Å². The van der Waals surface area contributed by atoms with Gasteiger partial charge in [-0.15, -0.1) is 18.2 Å². The zero-order valence-corrected chi connectivity index (χ0v) is 53.5. The van der Waals surface area contributed by atoms with E-state index in [9.17, 15) is 4.39 Å². The van der Waals surface area contributed by atoms with E-state index in [2.05, 4.69) is 242 Å². The molecule has 1 radical (unpaired) electrons. The first-order valence-electron chi connectivity index (χ1n) is 28.6. The van der Waals surface area contributed by atoms with Gasteiger partial charge in [-0.05, 0) is 138 Å². The van der Waals surface area contributed by atoms with Crippen molar-refractivity contribution in [2.45, 2.75) is 116 Å². The normalized spacial score (nSPS) is 12.0. The van der Waals surface area contributed by atoms with Gasteiger partial charge in [-0.3, -0.25) is 4.98 Å². The largest absolute Gasteiger partial charge is 0 e. The van der Waals surface area contributed by atoms with Crippen LogP contribution in [0.1, 0.15) is 127 Å². The van der Waals surface area contributed by atoms with Crippen LogP contribution in [0, 0.1) is 17.9 Å². The van der Waals surface area contributed by atoms with Crippen molar-refractivity contribution in [1.82, 2.24) is 14.5 Å². The molecule has 0 aliphatic carbocycles. The second kappa shape index (κ2) is 23.1. The smallest absolute Gasteiger partial charge is 0 e. The average molecular weight is 1300 g/mol. The van der Waals surface area contributed by atoms with Gasteiger partial charge in [0, 0.05) is 31.2 Å². The fourth-order valence-corrected chi connectivity index (χ4v) is 13.7. The van der Waals surface area contributed by atoms with Crippen molar-refractivity contribution in [1.29, 1.82) is 0 Å². The number of halogens is 1. The van der Waals surface area contributed by atoms with Crippen molar-refractivity contribution in [3.63, 3.8) is 0 Å². The van der Waals surface area contributed by atoms with Crippen LogP contribution in [0.25, 0.3) is 105 Å². The third-order valence-electron chi connectivity index (χ3n) is 16.0. The molecule has 3 heterocycles. The summed E-state index contributed by atoms with van der Waals surface area (Å²) in [6.07, 6.45) is 1.95. The number of hydrogen-bond acceptors (Lipinski definition) is 3. The van der Waals surface area contributed by atoms with Gasteiger partial charge in [-0.2, -0.15) is 0 Å². The zero-order valence-electron chi connectivity index (χ0n) is 49.0. The van der Waals surface area contributed by atoms with Gasteiger partial charge in [0.1, 0.15) is 5.58 Å². The van der Waals surface area contributed by atoms with E-state index < -0.39 is 13.3 Å². The Bertz CT molecular complexity index is 4200. The van der Waals surface area contributed by atoms with Crippen molar-refractivity contribution in [2.75, 3.05) is 0 Å². The molecule has 0 atom stereocenters. The molecule has 0 aliphatic heterocycles. The minimum atomic E-state index is -1.79. The molecule has 0 bridgehead atoms. The van der Waals surface area contributed by atoms with E-state index in [1.807, 2.05) is 18.3 Å². The van der Waals surface area contributed by atoms with Crippen LogP contribution >= 0.6 is 0 Å². The monoisotopic (exact) mass is 1300 g/mol. The summed E-state index contributed by atoms with van der Waals surface area (Å²) in [5.74, 6) is 9.38. The summed E-state index contributed by atoms with van der Waals surface area (Å²) in [5.41, 5.74) is 19.4. The zero-order chi connectivity index (χ0) is 56.3. The molecule has 12 aromatic rings. The quantitative estimate of drug-likeness (QED) is 0.0736. The van der Waals surface area contributed by atoms with Crippen molar-refractivity contribution in [3.8, 4) is 50.6 Å². The fraction of sp³-hybridized carbons (Fsp3) is 0.243. The van der Waals surface area contributed by atoms with Crippen molar-refractivity contribution in [2.24, 2.45) is 0 Å². The number of hydrogen-bond donors (Lipinski definition) is 0. The fourth-order valence-electron chi connectivity index (χ4n) is 11.5. The number of benzene rings is 9. The Morgan fingerprint density at radius 3 is 1.80 bits per heavy atom. The number of furan rings is 1. The predicted octanol–water partition coefficient (Wildman–Crippen LogP) is 20.9. The molecule has 81 heavy (non-hydrogen) atoms. The number of imidazole rings is 1. The van der Waals surface area contributed by atoms with Crippen LogP contribution in [-0.4, -0.2) is 27.8 Å². The molecular formula is C74H72FGeIrN3O-2. The van der Waals surface area contributed by atoms with Gasteiger partial charge >= 0.3 is 104 Å². The minimum Gasteiger partial charge on any atom is 0 e. The molecule has 12 rings (SSSR count). The second-order valence-corrected chi connectivity index (χ2v) is 35.0. The molecule has 411 valence electrons. The summed E-state index contributed by atoms with van der Waals surface area (Å²) in [4.78, 5) is 9.86. The molecule has 0 N–H and O–H groups in total. The first-order valence-corrected chi connectivity index (χ1v) is 36.0. The Kier molecular flexibility index (Phi) is 16.4. The molecule has 0 saturated carbocycles. The summed E-state index contributed by atoms with van der Waals surface area (Å²) < 4.78 is 23.5. The first kappa shape index (κ1) is 57.3. The van der Waals surface area contributed by atoms with Gasteiger partial charge in [0.25, 0.3) is 0 Å². The molecule has 4 nitrogen and oxygen atoms in total. The van der Waals surface area contributed by atoms with Crippen LogP contribution in [0.5, 0.6) is 0 Å². The molecule has 0 fully saturated rings. The second-order valence-electron chi connectivity index (χ2n) is 24.3. The summed E-state index contributed by atoms with van der Waals surface area (Å²) in [5, 5.41) is 7.00. The van der Waals surface area contributed by atoms with Gasteiger partial charge in [0.15, 0.2) is 0 Å². The van der Waals surface area contributed by atoms with Crippen LogP contribution < -0.4 is 4.40 Å². The Labute approximate surface area is 494 Å². The van der Waals surface area contributed by atoms with E-state index in [1.165, 1.54) is 93.8 Å². The maximum Gasteiger partial charge on any atom is 0 e. The topological polar surface area (TPSA) is 43.9 Å². The molecule has 9 aromatic carbocycles. The third-order valence-corrected chi connectivity index (χ3v) is 20.3. The van der Waals surface area contributed by atoms with E-state index in [0.29, 0.717) is 17.8 Å². The van der Waals surface area contributed by atoms with Gasteiger partial charge in [0.05, 0.1) is 22.4 Å². The number of nitrogens with zero attached hydrogens (tertiary/aromatic N) is 3. The molecule has 0 saturated heterocycles. The van der Waals surface area contributed by atoms with Crippen LogP contribution in [0.2, 0.25) is 17.3 Å². The van der Waals surface area contributed by atoms with Crippen LogP contribution in [-0.2, 0) is 20.1 Å². The molecule has 3 aromatic heterocycles. The Morgan fingerprint density at radius 2 is 1.19 bits per heavy atom. The standard InChI is InChI=1S/C60H57N2O.C14H15FGeN.Ir/c1-34(2)43-29-48(35(3)4)57(49(30-43)36(5)6)41-25-22-39(23-26-41)44-31-50(37(7)8)58(51(32-44)38(9)10)62-55-21-14-13-20-54(55)61-60(62)47-19-15-18-46-53-28-42-27-24-40-16-11-12-17-45(40)52(42)33-56(53)63-59(46)47;1-16(2,3)13-8-9-14(17-10-13)11-4-6-12(15)7-5-11;/h11-18,20-38H,1-10H3;4,6-10H,1-3H3;/q2*-1;. The number of pyridine rings is 1. The van der Waals surface area contributed by atoms with E-state index in [-0.39, 0.29) is 37.8 Å². The maximum absolute atomic E-state index is 12.8. The summed E-state index contributed by atoms with van der Waals surface area (Å²) in [6, 6.07) is 64.5. The number of aromatic nitrogens is 3. The number of rotatable bonds is 11. The van der Waals surface area contributed by atoms with Gasteiger partial charge < -0.3 is 8.98 Å². The van der Waals surface area contributed by atoms with Crippen molar-refractivity contribution in [3.05, 3.63) is 216 Å². The Hall–Kier alpha value is -6.96. The van der Waals surface area contributed by atoms with E-state index in [0.717, 1.165) is 55.6 Å². The molecule has 0 spiro atoms. The SMILES string of the molecule is CC(C)c1cc(C(C)C)c(-c2ccc(-c3cc(C(C)C)c(-n4c(-c5[c-]ccc6c5oc5cc7c(ccc8ccccc87)cc56)nc5ccccc54)c(C(C)C)c3)cc2)c(C(C)C)c1.[CH3][Ge]([CH3])([CH3])[c]1ccc(-c2[c-]cc(F)cc2)nc1.[Ir]. The number of para-hydroxylation sites is 2. The maximum atomic E-state index is 12.8. The van der Waals surface area contributed by atoms with Gasteiger partial charge in [0.2, 0.25) is 0 Å². The third kappa shape index (κ3) is 11.1. The molecule has 0 amide bonds. The summed E-state index contributed by atoms with van der Waals surface area (Å²) in [6.45, 7) is 23.2. The minimum absolute atomic E-state index is 0. The van der Waals surface area contributed by atoms with Crippen LogP contribution in [0.3, 0.4) is 0 Å². The Morgan fingerprint density at radius 1 is 0.543 bits per heavy atom. The molecule has 0 unspecified atom stereocenters. The first-order chi connectivity index (χ1) is 38.3. The molecule has 0 aliphatic rings. The Balaban J connectivity index is 0.000000350. The molecular weight excluding hydrogens is 1230 g/mol.